The summed E-state index contributed by atoms with van der Waals surface area (Å²) in [5.74, 6) is 1.13. The van der Waals surface area contributed by atoms with Crippen molar-refractivity contribution in [1.82, 2.24) is 0 Å². The standard InChI is InChI=1S/C17H23FN2/c1-12(2)13-4-3-5-15(7-6-13)20-16-8-9-17(18)14(10-16)11-19/h8-10,12-13,15,20H,3-7H2,1-2H3. The Balaban J connectivity index is 1.98. The topological polar surface area (TPSA) is 35.8 Å². The molecule has 1 aliphatic rings. The molecule has 108 valence electrons. The summed E-state index contributed by atoms with van der Waals surface area (Å²) in [4.78, 5) is 0. The van der Waals surface area contributed by atoms with Crippen molar-refractivity contribution in [3.8, 4) is 6.07 Å². The van der Waals surface area contributed by atoms with E-state index in [1.807, 2.05) is 6.07 Å². The van der Waals surface area contributed by atoms with E-state index >= 15 is 0 Å². The van der Waals surface area contributed by atoms with Crippen molar-refractivity contribution in [2.24, 2.45) is 11.8 Å². The van der Waals surface area contributed by atoms with Crippen molar-refractivity contribution < 1.29 is 4.39 Å². The number of nitrogens with one attached hydrogen (secondary N) is 1. The van der Waals surface area contributed by atoms with Crippen LogP contribution in [0.2, 0.25) is 0 Å². The van der Waals surface area contributed by atoms with E-state index in [1.165, 1.54) is 25.3 Å². The van der Waals surface area contributed by atoms with Crippen molar-refractivity contribution in [3.05, 3.63) is 29.6 Å². The normalized spacial score (nSPS) is 23.1. The van der Waals surface area contributed by atoms with Crippen LogP contribution in [0.1, 0.15) is 51.5 Å². The molecule has 0 bridgehead atoms. The lowest BCUT2D eigenvalue weighted by Crippen LogP contribution is -2.18. The maximum Gasteiger partial charge on any atom is 0.141 e. The molecule has 2 rings (SSSR count). The van der Waals surface area contributed by atoms with Gasteiger partial charge in [-0.2, -0.15) is 5.26 Å². The van der Waals surface area contributed by atoms with E-state index < -0.39 is 5.82 Å². The molecule has 1 saturated carbocycles. The van der Waals surface area contributed by atoms with Gasteiger partial charge in [0.2, 0.25) is 0 Å². The molecule has 20 heavy (non-hydrogen) atoms. The largest absolute Gasteiger partial charge is 0.382 e. The van der Waals surface area contributed by atoms with Crippen molar-refractivity contribution >= 4 is 5.69 Å². The lowest BCUT2D eigenvalue weighted by atomic mass is 9.89. The van der Waals surface area contributed by atoms with Crippen molar-refractivity contribution in [1.29, 1.82) is 5.26 Å². The summed E-state index contributed by atoms with van der Waals surface area (Å²) >= 11 is 0. The van der Waals surface area contributed by atoms with E-state index in [4.69, 9.17) is 5.26 Å². The van der Waals surface area contributed by atoms with E-state index in [0.29, 0.717) is 6.04 Å². The Kier molecular flexibility index (Phi) is 5.00. The average Bonchev–Trinajstić information content (AvgIpc) is 2.66. The SMILES string of the molecule is CC(C)C1CCCC(Nc2ccc(F)c(C#N)c2)CC1. The van der Waals surface area contributed by atoms with Gasteiger partial charge in [-0.3, -0.25) is 0 Å². The molecule has 2 atom stereocenters. The van der Waals surface area contributed by atoms with Crippen LogP contribution in [0.15, 0.2) is 18.2 Å². The molecule has 2 unspecified atom stereocenters. The van der Waals surface area contributed by atoms with Gasteiger partial charge in [-0.25, -0.2) is 4.39 Å². The monoisotopic (exact) mass is 274 g/mol. The first kappa shape index (κ1) is 14.8. The first-order chi connectivity index (χ1) is 9.60. The number of benzene rings is 1. The minimum absolute atomic E-state index is 0.115. The predicted octanol–water partition coefficient (Wildman–Crippen LogP) is 4.71. The van der Waals surface area contributed by atoms with Gasteiger partial charge in [0.25, 0.3) is 0 Å². The van der Waals surface area contributed by atoms with Crippen LogP contribution >= 0.6 is 0 Å². The highest BCUT2D eigenvalue weighted by atomic mass is 19.1. The second kappa shape index (κ2) is 6.74. The van der Waals surface area contributed by atoms with Crippen molar-refractivity contribution in [3.63, 3.8) is 0 Å². The van der Waals surface area contributed by atoms with Gasteiger partial charge >= 0.3 is 0 Å². The van der Waals surface area contributed by atoms with Crippen LogP contribution < -0.4 is 5.32 Å². The Labute approximate surface area is 121 Å². The van der Waals surface area contributed by atoms with Crippen molar-refractivity contribution in [2.75, 3.05) is 5.32 Å². The maximum absolute atomic E-state index is 13.3. The van der Waals surface area contributed by atoms with Gasteiger partial charge in [-0.05, 0) is 49.3 Å². The molecule has 1 aromatic rings. The molecule has 1 aromatic carbocycles. The quantitative estimate of drug-likeness (QED) is 0.810. The van der Waals surface area contributed by atoms with Gasteiger partial charge in [0, 0.05) is 11.7 Å². The van der Waals surface area contributed by atoms with Crippen LogP contribution in [-0.4, -0.2) is 6.04 Å². The third kappa shape index (κ3) is 3.72. The summed E-state index contributed by atoms with van der Waals surface area (Å²) in [5.41, 5.74) is 0.972. The fourth-order valence-corrected chi connectivity index (χ4v) is 3.08. The summed E-state index contributed by atoms with van der Waals surface area (Å²) in [7, 11) is 0. The van der Waals surface area contributed by atoms with Crippen LogP contribution in [0, 0.1) is 29.0 Å². The van der Waals surface area contributed by atoms with Gasteiger partial charge in [-0.1, -0.05) is 26.7 Å². The zero-order chi connectivity index (χ0) is 14.5. The lowest BCUT2D eigenvalue weighted by molar-refractivity contribution is 0.341. The highest BCUT2D eigenvalue weighted by molar-refractivity contribution is 5.50. The van der Waals surface area contributed by atoms with Crippen LogP contribution in [0.25, 0.3) is 0 Å². The van der Waals surface area contributed by atoms with Gasteiger partial charge in [0.1, 0.15) is 11.9 Å². The first-order valence-corrected chi connectivity index (χ1v) is 7.56. The van der Waals surface area contributed by atoms with Crippen LogP contribution in [0.5, 0.6) is 0 Å². The minimum Gasteiger partial charge on any atom is -0.382 e. The fraction of sp³-hybridized carbons (Fsp3) is 0.588. The van der Waals surface area contributed by atoms with E-state index in [2.05, 4.69) is 19.2 Å². The molecule has 0 aliphatic heterocycles. The smallest absolute Gasteiger partial charge is 0.141 e. The summed E-state index contributed by atoms with van der Waals surface area (Å²) in [5, 5.41) is 12.3. The maximum atomic E-state index is 13.3. The van der Waals surface area contributed by atoms with E-state index in [0.717, 1.165) is 30.4 Å². The summed E-state index contributed by atoms with van der Waals surface area (Å²) in [6.07, 6.45) is 6.11. The lowest BCUT2D eigenvalue weighted by Gasteiger charge is -2.20. The van der Waals surface area contributed by atoms with Gasteiger partial charge in [-0.15, -0.1) is 0 Å². The van der Waals surface area contributed by atoms with Crippen molar-refractivity contribution in [2.45, 2.75) is 52.0 Å². The van der Waals surface area contributed by atoms with Crippen LogP contribution in [0.4, 0.5) is 10.1 Å². The fourth-order valence-electron chi connectivity index (χ4n) is 3.08. The summed E-state index contributed by atoms with van der Waals surface area (Å²) in [6.45, 7) is 4.61. The molecule has 0 amide bonds. The number of nitriles is 1. The van der Waals surface area contributed by atoms with E-state index in [9.17, 15) is 4.39 Å². The van der Waals surface area contributed by atoms with Gasteiger partial charge in [0.05, 0.1) is 5.56 Å². The average molecular weight is 274 g/mol. The second-order valence-electron chi connectivity index (χ2n) is 6.16. The van der Waals surface area contributed by atoms with Crippen LogP contribution in [-0.2, 0) is 0 Å². The molecule has 0 spiro atoms. The van der Waals surface area contributed by atoms with Gasteiger partial charge in [0.15, 0.2) is 0 Å². The zero-order valence-corrected chi connectivity index (χ0v) is 12.3. The molecule has 2 nitrogen and oxygen atoms in total. The number of hydrogen-bond donors (Lipinski definition) is 1. The second-order valence-corrected chi connectivity index (χ2v) is 6.16. The zero-order valence-electron chi connectivity index (χ0n) is 12.3. The predicted molar refractivity (Wildman–Crippen MR) is 79.9 cm³/mol. The Morgan fingerprint density at radius 2 is 2.05 bits per heavy atom. The number of rotatable bonds is 3. The third-order valence-electron chi connectivity index (χ3n) is 4.41. The Morgan fingerprint density at radius 3 is 2.75 bits per heavy atom. The molecular formula is C17H23FN2. The van der Waals surface area contributed by atoms with E-state index in [-0.39, 0.29) is 5.56 Å². The van der Waals surface area contributed by atoms with E-state index in [1.54, 1.807) is 12.1 Å². The molecule has 0 heterocycles. The molecule has 0 radical (unpaired) electrons. The molecule has 1 fully saturated rings. The first-order valence-electron chi connectivity index (χ1n) is 7.56. The molecule has 0 aromatic heterocycles. The Hall–Kier alpha value is -1.56. The Bertz CT molecular complexity index is 490. The molecular weight excluding hydrogens is 251 g/mol. The molecule has 0 saturated heterocycles. The highest BCUT2D eigenvalue weighted by Crippen LogP contribution is 2.30. The minimum atomic E-state index is -0.446. The number of halogens is 1. The number of nitrogens with zero attached hydrogens (tertiary/aromatic N) is 1. The third-order valence-corrected chi connectivity index (χ3v) is 4.41. The number of anilines is 1. The van der Waals surface area contributed by atoms with Gasteiger partial charge < -0.3 is 5.32 Å². The molecule has 1 N–H and O–H groups in total. The highest BCUT2D eigenvalue weighted by Gasteiger charge is 2.21. The number of hydrogen-bond acceptors (Lipinski definition) is 2. The summed E-state index contributed by atoms with van der Waals surface area (Å²) in [6, 6.07) is 7.04. The summed E-state index contributed by atoms with van der Waals surface area (Å²) < 4.78 is 13.3. The van der Waals surface area contributed by atoms with Crippen LogP contribution in [0.3, 0.4) is 0 Å². The Morgan fingerprint density at radius 1 is 1.25 bits per heavy atom. The molecule has 1 aliphatic carbocycles. The molecule has 3 heteroatoms.